The Morgan fingerprint density at radius 1 is 1.06 bits per heavy atom. The third-order valence-electron chi connectivity index (χ3n) is 6.40. The van der Waals surface area contributed by atoms with E-state index in [1.165, 1.54) is 16.9 Å². The maximum atomic E-state index is 13.8. The molecule has 1 aliphatic carbocycles. The van der Waals surface area contributed by atoms with E-state index in [9.17, 15) is 9.90 Å². The SMILES string of the molecule is O=c1/c(=C\c2cc(Br)cc(Cl)c2O)sc2n1[C@H](c1ccc(Br)cc1)C1=C(N=2)c2ccccc2CC1. The summed E-state index contributed by atoms with van der Waals surface area (Å²) in [7, 11) is 0. The number of halogens is 3. The highest BCUT2D eigenvalue weighted by atomic mass is 79.9. The van der Waals surface area contributed by atoms with Gasteiger partial charge >= 0.3 is 0 Å². The summed E-state index contributed by atoms with van der Waals surface area (Å²) in [6, 6.07) is 19.6. The fraction of sp³-hybridized carbons (Fsp3) is 0.111. The molecule has 2 heterocycles. The summed E-state index contributed by atoms with van der Waals surface area (Å²) < 4.78 is 3.99. The number of aromatic hydroxyl groups is 1. The maximum Gasteiger partial charge on any atom is 0.271 e. The minimum absolute atomic E-state index is 0.0571. The van der Waals surface area contributed by atoms with Crippen molar-refractivity contribution >= 4 is 66.6 Å². The molecule has 174 valence electrons. The second-order valence-electron chi connectivity index (χ2n) is 8.49. The lowest BCUT2D eigenvalue weighted by Crippen LogP contribution is -2.38. The second-order valence-corrected chi connectivity index (χ2v) is 11.7. The molecule has 0 radical (unpaired) electrons. The van der Waals surface area contributed by atoms with Gasteiger partial charge in [-0.2, -0.15) is 0 Å². The predicted octanol–water partition coefficient (Wildman–Crippen LogP) is 6.20. The fourth-order valence-electron chi connectivity index (χ4n) is 4.80. The number of hydrogen-bond acceptors (Lipinski definition) is 4. The topological polar surface area (TPSA) is 54.6 Å². The first-order chi connectivity index (χ1) is 16.9. The molecule has 0 unspecified atom stereocenters. The molecule has 3 aromatic carbocycles. The maximum absolute atomic E-state index is 13.8. The minimum Gasteiger partial charge on any atom is -0.506 e. The van der Waals surface area contributed by atoms with Gasteiger partial charge in [-0.3, -0.25) is 9.36 Å². The molecule has 1 N–H and O–H groups in total. The largest absolute Gasteiger partial charge is 0.506 e. The van der Waals surface area contributed by atoms with Crippen molar-refractivity contribution in [2.75, 3.05) is 0 Å². The zero-order chi connectivity index (χ0) is 24.3. The molecule has 0 saturated heterocycles. The molecule has 8 heteroatoms. The summed E-state index contributed by atoms with van der Waals surface area (Å²) in [6.07, 6.45) is 3.43. The number of phenolic OH excluding ortho intramolecular Hbond substituents is 1. The molecule has 0 saturated carbocycles. The van der Waals surface area contributed by atoms with Crippen LogP contribution in [0.25, 0.3) is 11.8 Å². The van der Waals surface area contributed by atoms with E-state index in [2.05, 4.69) is 62.2 Å². The van der Waals surface area contributed by atoms with Gasteiger partial charge in [0, 0.05) is 20.1 Å². The van der Waals surface area contributed by atoms with E-state index < -0.39 is 0 Å². The van der Waals surface area contributed by atoms with Crippen molar-refractivity contribution in [3.63, 3.8) is 0 Å². The number of aromatic nitrogens is 1. The van der Waals surface area contributed by atoms with Crippen LogP contribution in [-0.2, 0) is 6.42 Å². The number of allylic oxidation sites excluding steroid dienone is 1. The van der Waals surface area contributed by atoms with Crippen LogP contribution in [-0.4, -0.2) is 9.67 Å². The molecule has 0 fully saturated rings. The number of phenols is 1. The average molecular weight is 629 g/mol. The third-order valence-corrected chi connectivity index (χ3v) is 8.66. The van der Waals surface area contributed by atoms with Gasteiger partial charge in [0.05, 0.1) is 21.3 Å². The van der Waals surface area contributed by atoms with Gasteiger partial charge in [0.15, 0.2) is 4.80 Å². The summed E-state index contributed by atoms with van der Waals surface area (Å²) in [5.41, 5.74) is 5.89. The molecular weight excluding hydrogens is 612 g/mol. The molecule has 0 spiro atoms. The van der Waals surface area contributed by atoms with E-state index in [0.29, 0.717) is 14.9 Å². The van der Waals surface area contributed by atoms with E-state index in [1.807, 2.05) is 18.2 Å². The van der Waals surface area contributed by atoms with E-state index in [1.54, 1.807) is 22.8 Å². The number of hydrogen-bond donors (Lipinski definition) is 1. The molecule has 0 amide bonds. The third kappa shape index (κ3) is 3.95. The van der Waals surface area contributed by atoms with Crippen molar-refractivity contribution in [3.05, 3.63) is 122 Å². The molecule has 4 aromatic rings. The number of thiazole rings is 1. The summed E-state index contributed by atoms with van der Waals surface area (Å²) in [5.74, 6) is -0.0571. The Balaban J connectivity index is 1.64. The Hall–Kier alpha value is -2.45. The molecule has 1 atom stereocenters. The van der Waals surface area contributed by atoms with Crippen molar-refractivity contribution in [3.8, 4) is 5.75 Å². The highest BCUT2D eigenvalue weighted by molar-refractivity contribution is 9.10. The zero-order valence-electron chi connectivity index (χ0n) is 18.1. The van der Waals surface area contributed by atoms with E-state index in [4.69, 9.17) is 16.6 Å². The average Bonchev–Trinajstić information content (AvgIpc) is 3.16. The number of fused-ring (bicyclic) bond motifs is 3. The first kappa shape index (κ1) is 23.0. The normalized spacial score (nSPS) is 17.0. The highest BCUT2D eigenvalue weighted by Crippen LogP contribution is 2.41. The van der Waals surface area contributed by atoms with Crippen molar-refractivity contribution < 1.29 is 5.11 Å². The molecule has 35 heavy (non-hydrogen) atoms. The van der Waals surface area contributed by atoms with Crippen molar-refractivity contribution in [2.24, 2.45) is 4.99 Å². The van der Waals surface area contributed by atoms with Crippen LogP contribution in [0.2, 0.25) is 5.02 Å². The first-order valence-corrected chi connectivity index (χ1v) is 13.8. The van der Waals surface area contributed by atoms with Crippen LogP contribution in [0.15, 0.2) is 85.0 Å². The zero-order valence-corrected chi connectivity index (χ0v) is 22.9. The van der Waals surface area contributed by atoms with E-state index in [-0.39, 0.29) is 22.4 Å². The Morgan fingerprint density at radius 3 is 2.63 bits per heavy atom. The first-order valence-electron chi connectivity index (χ1n) is 11.0. The monoisotopic (exact) mass is 626 g/mol. The van der Waals surface area contributed by atoms with Crippen LogP contribution >= 0.6 is 54.8 Å². The van der Waals surface area contributed by atoms with Gasteiger partial charge in [0.2, 0.25) is 0 Å². The number of rotatable bonds is 2. The lowest BCUT2D eigenvalue weighted by molar-refractivity contribution is 0.474. The fourth-order valence-corrected chi connectivity index (χ4v) is 6.89. The molecule has 1 aromatic heterocycles. The molecular formula is C27H17Br2ClN2O2S. The van der Waals surface area contributed by atoms with Crippen LogP contribution < -0.4 is 14.9 Å². The Kier molecular flexibility index (Phi) is 5.84. The van der Waals surface area contributed by atoms with E-state index in [0.717, 1.165) is 44.2 Å². The number of nitrogens with zero attached hydrogens (tertiary/aromatic N) is 2. The highest BCUT2D eigenvalue weighted by Gasteiger charge is 2.32. The van der Waals surface area contributed by atoms with Crippen LogP contribution in [0.1, 0.15) is 34.7 Å². The second kappa shape index (κ2) is 8.89. The molecule has 0 bridgehead atoms. The van der Waals surface area contributed by atoms with Crippen LogP contribution in [0, 0.1) is 0 Å². The van der Waals surface area contributed by atoms with Gasteiger partial charge in [-0.1, -0.05) is 91.2 Å². The van der Waals surface area contributed by atoms with Gasteiger partial charge < -0.3 is 5.11 Å². The summed E-state index contributed by atoms with van der Waals surface area (Å²) in [4.78, 5) is 19.5. The number of aryl methyl sites for hydroxylation is 1. The van der Waals surface area contributed by atoms with Crippen molar-refractivity contribution in [1.29, 1.82) is 0 Å². The smallest absolute Gasteiger partial charge is 0.271 e. The van der Waals surface area contributed by atoms with Crippen LogP contribution in [0.3, 0.4) is 0 Å². The Labute approximate surface area is 226 Å². The van der Waals surface area contributed by atoms with Gasteiger partial charge in [-0.15, -0.1) is 0 Å². The molecule has 6 rings (SSSR count). The quantitative estimate of drug-likeness (QED) is 0.288. The summed E-state index contributed by atoms with van der Waals surface area (Å²) in [5, 5.41) is 10.7. The van der Waals surface area contributed by atoms with E-state index >= 15 is 0 Å². The lowest BCUT2D eigenvalue weighted by atomic mass is 9.83. The van der Waals surface area contributed by atoms with Gasteiger partial charge in [0.25, 0.3) is 5.56 Å². The summed E-state index contributed by atoms with van der Waals surface area (Å²) >= 11 is 14.4. The lowest BCUT2D eigenvalue weighted by Gasteiger charge is -2.30. The van der Waals surface area contributed by atoms with Crippen LogP contribution in [0.5, 0.6) is 5.75 Å². The molecule has 4 nitrogen and oxygen atoms in total. The number of benzene rings is 3. The van der Waals surface area contributed by atoms with Crippen molar-refractivity contribution in [1.82, 2.24) is 4.57 Å². The standard InChI is InChI=1S/C27H17Br2ClN2O2S/c28-17-8-5-15(6-9-17)24-20-10-7-14-3-1-2-4-19(14)23(20)31-27-32(24)26(34)22(35-27)12-16-11-18(29)13-21(30)25(16)33/h1-6,8-9,11-13,24,33H,7,10H2/b22-12+/t24-/m1/s1. The van der Waals surface area contributed by atoms with Gasteiger partial charge in [-0.25, -0.2) is 4.99 Å². The minimum atomic E-state index is -0.246. The summed E-state index contributed by atoms with van der Waals surface area (Å²) in [6.45, 7) is 0. The Morgan fingerprint density at radius 2 is 1.83 bits per heavy atom. The predicted molar refractivity (Wildman–Crippen MR) is 148 cm³/mol. The molecule has 1 aliphatic heterocycles. The van der Waals surface area contributed by atoms with Crippen molar-refractivity contribution in [2.45, 2.75) is 18.9 Å². The Bertz CT molecular complexity index is 1720. The van der Waals surface area contributed by atoms with Gasteiger partial charge in [0.1, 0.15) is 5.75 Å². The van der Waals surface area contributed by atoms with Crippen LogP contribution in [0.4, 0.5) is 0 Å². The van der Waals surface area contributed by atoms with Gasteiger partial charge in [-0.05, 0) is 59.9 Å². The molecule has 2 aliphatic rings.